The molecule has 16 heavy (non-hydrogen) atoms. The Morgan fingerprint density at radius 2 is 2.50 bits per heavy atom. The molecule has 0 aromatic carbocycles. The number of aromatic nitrogens is 2. The number of nitrogens with zero attached hydrogens (tertiary/aromatic N) is 1. The van der Waals surface area contributed by atoms with E-state index >= 15 is 0 Å². The van der Waals surface area contributed by atoms with Crippen molar-refractivity contribution < 1.29 is 4.74 Å². The average Bonchev–Trinajstić information content (AvgIpc) is 2.79. The van der Waals surface area contributed by atoms with Crippen molar-refractivity contribution in [2.75, 3.05) is 6.61 Å². The van der Waals surface area contributed by atoms with Gasteiger partial charge in [-0.1, -0.05) is 0 Å². The van der Waals surface area contributed by atoms with Crippen molar-refractivity contribution in [3.63, 3.8) is 0 Å². The zero-order chi connectivity index (χ0) is 11.0. The molecule has 3 rings (SSSR count). The van der Waals surface area contributed by atoms with Gasteiger partial charge in [0, 0.05) is 31.1 Å². The van der Waals surface area contributed by atoms with Crippen LogP contribution in [0.4, 0.5) is 0 Å². The Hall–Kier alpha value is -0.870. The molecule has 1 aromatic heterocycles. The van der Waals surface area contributed by atoms with Gasteiger partial charge in [0.05, 0.1) is 0 Å². The van der Waals surface area contributed by atoms with Crippen molar-refractivity contribution in [3.05, 3.63) is 17.7 Å². The molecule has 1 aromatic rings. The van der Waals surface area contributed by atoms with E-state index < -0.39 is 0 Å². The molecule has 2 heterocycles. The zero-order valence-electron chi connectivity index (χ0n) is 9.75. The summed E-state index contributed by atoms with van der Waals surface area (Å²) in [5.41, 5.74) is 0.983. The molecule has 2 N–H and O–H groups in total. The lowest BCUT2D eigenvalue weighted by Crippen LogP contribution is -2.22. The van der Waals surface area contributed by atoms with Crippen LogP contribution < -0.4 is 5.32 Å². The minimum absolute atomic E-state index is 0.183. The molecule has 0 bridgehead atoms. The minimum atomic E-state index is -0.183. The lowest BCUT2D eigenvalue weighted by Gasteiger charge is -2.19. The molecule has 2 fully saturated rings. The molecule has 0 amide bonds. The van der Waals surface area contributed by atoms with E-state index in [-0.39, 0.29) is 5.60 Å². The van der Waals surface area contributed by atoms with Crippen LogP contribution in [0.1, 0.15) is 44.1 Å². The molecular weight excluding hydrogens is 202 g/mol. The van der Waals surface area contributed by atoms with Crippen molar-refractivity contribution >= 4 is 0 Å². The van der Waals surface area contributed by atoms with Crippen LogP contribution in [-0.4, -0.2) is 22.6 Å². The Morgan fingerprint density at radius 3 is 3.19 bits per heavy atom. The van der Waals surface area contributed by atoms with Gasteiger partial charge in [0.25, 0.3) is 0 Å². The molecule has 1 aliphatic carbocycles. The van der Waals surface area contributed by atoms with Gasteiger partial charge in [-0.25, -0.2) is 4.98 Å². The predicted octanol–water partition coefficient (Wildman–Crippen LogP) is 1.69. The van der Waals surface area contributed by atoms with E-state index in [4.69, 9.17) is 4.74 Å². The Bertz CT molecular complexity index is 364. The van der Waals surface area contributed by atoms with Crippen LogP contribution in [0.15, 0.2) is 6.20 Å². The Morgan fingerprint density at radius 1 is 1.62 bits per heavy atom. The van der Waals surface area contributed by atoms with Gasteiger partial charge in [-0.2, -0.15) is 0 Å². The monoisotopic (exact) mass is 221 g/mol. The van der Waals surface area contributed by atoms with E-state index in [9.17, 15) is 0 Å². The molecule has 1 saturated carbocycles. The lowest BCUT2D eigenvalue weighted by molar-refractivity contribution is 0.00994. The molecule has 4 nitrogen and oxygen atoms in total. The van der Waals surface area contributed by atoms with Crippen molar-refractivity contribution in [3.8, 4) is 0 Å². The first-order valence-corrected chi connectivity index (χ1v) is 6.18. The van der Waals surface area contributed by atoms with Gasteiger partial charge < -0.3 is 15.0 Å². The summed E-state index contributed by atoms with van der Waals surface area (Å²) in [5, 5.41) is 3.48. The fourth-order valence-corrected chi connectivity index (χ4v) is 2.23. The van der Waals surface area contributed by atoms with Gasteiger partial charge in [0.1, 0.15) is 11.4 Å². The topological polar surface area (TPSA) is 49.9 Å². The number of H-pyrrole nitrogens is 1. The van der Waals surface area contributed by atoms with Gasteiger partial charge in [-0.15, -0.1) is 0 Å². The number of nitrogens with one attached hydrogen (secondary N) is 2. The molecular formula is C12H19N3O. The average molecular weight is 221 g/mol. The molecule has 1 saturated heterocycles. The Labute approximate surface area is 95.8 Å². The van der Waals surface area contributed by atoms with Gasteiger partial charge in [0.15, 0.2) is 0 Å². The van der Waals surface area contributed by atoms with Crippen LogP contribution >= 0.6 is 0 Å². The normalized spacial score (nSPS) is 29.8. The van der Waals surface area contributed by atoms with Gasteiger partial charge in [-0.05, 0) is 32.6 Å². The van der Waals surface area contributed by atoms with E-state index in [1.165, 1.54) is 18.5 Å². The highest BCUT2D eigenvalue weighted by molar-refractivity contribution is 5.09. The maximum atomic E-state index is 5.76. The molecule has 4 heteroatoms. The fourth-order valence-electron chi connectivity index (χ4n) is 2.23. The standard InChI is InChI=1S/C12H19N3O/c1-12(5-2-6-16-12)11-14-8-10(15-11)7-13-9-3-4-9/h8-9,13H,2-7H2,1H3,(H,14,15). The lowest BCUT2D eigenvalue weighted by atomic mass is 10.0. The van der Waals surface area contributed by atoms with Gasteiger partial charge in [0.2, 0.25) is 0 Å². The summed E-state index contributed by atoms with van der Waals surface area (Å²) in [6, 6.07) is 0.741. The highest BCUT2D eigenvalue weighted by Crippen LogP contribution is 2.33. The summed E-state index contributed by atoms with van der Waals surface area (Å²) >= 11 is 0. The van der Waals surface area contributed by atoms with Gasteiger partial charge >= 0.3 is 0 Å². The predicted molar refractivity (Wildman–Crippen MR) is 61.0 cm³/mol. The second-order valence-electron chi connectivity index (χ2n) is 5.10. The number of rotatable bonds is 4. The quantitative estimate of drug-likeness (QED) is 0.813. The molecule has 88 valence electrons. The molecule has 1 aliphatic heterocycles. The van der Waals surface area contributed by atoms with E-state index in [0.29, 0.717) is 0 Å². The van der Waals surface area contributed by atoms with Crippen LogP contribution in [0.25, 0.3) is 0 Å². The summed E-state index contributed by atoms with van der Waals surface area (Å²) < 4.78 is 5.76. The van der Waals surface area contributed by atoms with Crippen molar-refractivity contribution in [2.24, 2.45) is 0 Å². The maximum absolute atomic E-state index is 5.76. The number of hydrogen-bond acceptors (Lipinski definition) is 3. The number of hydrogen-bond donors (Lipinski definition) is 2. The van der Waals surface area contributed by atoms with Crippen LogP contribution in [0, 0.1) is 0 Å². The Kier molecular flexibility index (Phi) is 2.48. The van der Waals surface area contributed by atoms with E-state index in [2.05, 4.69) is 22.2 Å². The van der Waals surface area contributed by atoms with Crippen molar-refractivity contribution in [2.45, 2.75) is 50.8 Å². The third-order valence-corrected chi connectivity index (χ3v) is 3.51. The van der Waals surface area contributed by atoms with Crippen molar-refractivity contribution in [1.82, 2.24) is 15.3 Å². The first-order chi connectivity index (χ1) is 7.76. The SMILES string of the molecule is CC1(c2ncc(CNC3CC3)[nH]2)CCCO1. The van der Waals surface area contributed by atoms with E-state index in [0.717, 1.165) is 37.9 Å². The summed E-state index contributed by atoms with van der Waals surface area (Å²) in [6.45, 7) is 3.87. The molecule has 1 atom stereocenters. The second-order valence-corrected chi connectivity index (χ2v) is 5.10. The Balaban J connectivity index is 1.66. The van der Waals surface area contributed by atoms with Gasteiger partial charge in [-0.3, -0.25) is 0 Å². The largest absolute Gasteiger partial charge is 0.367 e. The van der Waals surface area contributed by atoms with Crippen LogP contribution in [0.5, 0.6) is 0 Å². The summed E-state index contributed by atoms with van der Waals surface area (Å²) in [4.78, 5) is 7.83. The fraction of sp³-hybridized carbons (Fsp3) is 0.750. The highest BCUT2D eigenvalue weighted by Gasteiger charge is 2.34. The molecule has 2 aliphatic rings. The van der Waals surface area contributed by atoms with Crippen LogP contribution in [0.3, 0.4) is 0 Å². The first kappa shape index (κ1) is 10.3. The van der Waals surface area contributed by atoms with E-state index in [1.807, 2.05) is 6.20 Å². The van der Waals surface area contributed by atoms with Crippen LogP contribution in [-0.2, 0) is 16.9 Å². The second kappa shape index (κ2) is 3.86. The molecule has 0 spiro atoms. The first-order valence-electron chi connectivity index (χ1n) is 6.18. The molecule has 0 radical (unpaired) electrons. The zero-order valence-corrected chi connectivity index (χ0v) is 9.75. The van der Waals surface area contributed by atoms with E-state index in [1.54, 1.807) is 0 Å². The number of aromatic amines is 1. The third-order valence-electron chi connectivity index (χ3n) is 3.51. The van der Waals surface area contributed by atoms with Crippen LogP contribution in [0.2, 0.25) is 0 Å². The summed E-state index contributed by atoms with van der Waals surface area (Å²) in [5.74, 6) is 0.984. The smallest absolute Gasteiger partial charge is 0.138 e. The highest BCUT2D eigenvalue weighted by atomic mass is 16.5. The third kappa shape index (κ3) is 1.99. The number of imidazole rings is 1. The maximum Gasteiger partial charge on any atom is 0.138 e. The number of ether oxygens (including phenoxy) is 1. The summed E-state index contributed by atoms with van der Waals surface area (Å²) in [6.07, 6.45) is 6.77. The summed E-state index contributed by atoms with van der Waals surface area (Å²) in [7, 11) is 0. The minimum Gasteiger partial charge on any atom is -0.367 e. The molecule has 1 unspecified atom stereocenters. The van der Waals surface area contributed by atoms with Crippen molar-refractivity contribution in [1.29, 1.82) is 0 Å².